The largest absolute Gasteiger partial charge is 0.416 e. The fraction of sp³-hybridized carbons (Fsp3) is 0.385. The van der Waals surface area contributed by atoms with Crippen molar-refractivity contribution in [2.24, 2.45) is 5.92 Å². The highest BCUT2D eigenvalue weighted by Gasteiger charge is 2.37. The van der Waals surface area contributed by atoms with E-state index in [9.17, 15) is 31.1 Å². The number of benzene rings is 1. The molecule has 1 heterocycles. The molecule has 200 valence electrons. The summed E-state index contributed by atoms with van der Waals surface area (Å²) >= 11 is 1.47. The van der Waals surface area contributed by atoms with Gasteiger partial charge in [0.2, 0.25) is 5.91 Å². The Balaban J connectivity index is 1.69. The fourth-order valence-electron chi connectivity index (χ4n) is 3.77. The SMILES string of the molecule is C\C=C(/C=C\C(=C\CC)C(F)(F)F)n1cc(CNC(=O)C2CCC2Sc2ccc(F)cc2)c(C(F)F)n1. The number of rotatable bonds is 10. The number of alkyl halides is 5. The lowest BCUT2D eigenvalue weighted by atomic mass is 9.84. The first-order valence-corrected chi connectivity index (χ1v) is 12.6. The van der Waals surface area contributed by atoms with Crippen molar-refractivity contribution in [1.82, 2.24) is 15.1 Å². The molecule has 1 aliphatic rings. The van der Waals surface area contributed by atoms with Crippen LogP contribution in [0, 0.1) is 11.7 Å². The molecule has 11 heteroatoms. The summed E-state index contributed by atoms with van der Waals surface area (Å²) in [5.74, 6) is -0.956. The average molecular weight is 544 g/mol. The second-order valence-electron chi connectivity index (χ2n) is 8.41. The molecule has 0 saturated heterocycles. The zero-order valence-electron chi connectivity index (χ0n) is 20.2. The van der Waals surface area contributed by atoms with Gasteiger partial charge < -0.3 is 5.32 Å². The summed E-state index contributed by atoms with van der Waals surface area (Å²) in [6.45, 7) is 2.93. The number of halogens is 6. The van der Waals surface area contributed by atoms with Gasteiger partial charge in [-0.2, -0.15) is 18.3 Å². The molecule has 4 nitrogen and oxygen atoms in total. The molecule has 1 aromatic carbocycles. The highest BCUT2D eigenvalue weighted by molar-refractivity contribution is 8.00. The van der Waals surface area contributed by atoms with Crippen LogP contribution in [0.2, 0.25) is 0 Å². The van der Waals surface area contributed by atoms with Gasteiger partial charge in [-0.3, -0.25) is 4.79 Å². The third-order valence-electron chi connectivity index (χ3n) is 5.88. The maximum Gasteiger partial charge on any atom is 0.416 e. The highest BCUT2D eigenvalue weighted by Crippen LogP contribution is 2.41. The molecule has 1 fully saturated rings. The number of carbonyl (C=O) groups is 1. The first kappa shape index (κ1) is 28.6. The molecule has 0 radical (unpaired) electrons. The minimum Gasteiger partial charge on any atom is -0.352 e. The summed E-state index contributed by atoms with van der Waals surface area (Å²) in [6.07, 6.45) is -0.0768. The number of thioether (sulfide) groups is 1. The smallest absolute Gasteiger partial charge is 0.352 e. The van der Waals surface area contributed by atoms with Crippen LogP contribution in [0.5, 0.6) is 0 Å². The maximum atomic E-state index is 13.7. The van der Waals surface area contributed by atoms with E-state index in [1.165, 1.54) is 36.2 Å². The molecule has 0 aliphatic heterocycles. The molecular weight excluding hydrogens is 516 g/mol. The Kier molecular flexibility index (Phi) is 9.69. The van der Waals surface area contributed by atoms with Crippen molar-refractivity contribution in [3.63, 3.8) is 0 Å². The molecule has 2 aromatic rings. The van der Waals surface area contributed by atoms with Crippen LogP contribution in [-0.2, 0) is 11.3 Å². The molecule has 1 saturated carbocycles. The van der Waals surface area contributed by atoms with Gasteiger partial charge in [-0.1, -0.05) is 19.1 Å². The van der Waals surface area contributed by atoms with Crippen LogP contribution in [0.1, 0.15) is 50.8 Å². The Labute approximate surface area is 215 Å². The molecule has 1 aromatic heterocycles. The van der Waals surface area contributed by atoms with Gasteiger partial charge in [-0.05, 0) is 62.6 Å². The van der Waals surface area contributed by atoms with E-state index in [1.54, 1.807) is 26.0 Å². The Bertz CT molecular complexity index is 1170. The lowest BCUT2D eigenvalue weighted by Gasteiger charge is -2.34. The van der Waals surface area contributed by atoms with Gasteiger partial charge in [-0.25, -0.2) is 17.9 Å². The summed E-state index contributed by atoms with van der Waals surface area (Å²) in [4.78, 5) is 13.6. The summed E-state index contributed by atoms with van der Waals surface area (Å²) < 4.78 is 81.0. The van der Waals surface area contributed by atoms with E-state index in [1.807, 2.05) is 0 Å². The maximum absolute atomic E-state index is 13.7. The Hall–Kier alpha value is -2.95. The van der Waals surface area contributed by atoms with Crippen molar-refractivity contribution in [3.8, 4) is 0 Å². The zero-order valence-corrected chi connectivity index (χ0v) is 21.1. The number of carbonyl (C=O) groups excluding carboxylic acids is 1. The van der Waals surface area contributed by atoms with E-state index < -0.39 is 23.9 Å². The number of hydrogen-bond acceptors (Lipinski definition) is 3. The molecule has 1 N–H and O–H groups in total. The van der Waals surface area contributed by atoms with E-state index in [-0.39, 0.29) is 47.1 Å². The molecule has 2 atom stereocenters. The second-order valence-corrected chi connectivity index (χ2v) is 9.72. The quantitative estimate of drug-likeness (QED) is 0.250. The third kappa shape index (κ3) is 7.53. The Morgan fingerprint density at radius 3 is 2.46 bits per heavy atom. The number of nitrogens with one attached hydrogen (secondary N) is 1. The van der Waals surface area contributed by atoms with Crippen LogP contribution in [0.4, 0.5) is 26.3 Å². The zero-order chi connectivity index (χ0) is 27.2. The van der Waals surface area contributed by atoms with E-state index >= 15 is 0 Å². The molecular formula is C26H27F6N3OS. The monoisotopic (exact) mass is 543 g/mol. The predicted molar refractivity (Wildman–Crippen MR) is 131 cm³/mol. The standard InChI is InChI=1S/C26H27F6N3OS/c1-3-5-17(26(30,31)32)6-9-19(4-2)35-15-16(23(34-35)24(28)29)14-33-25(36)21-12-13-22(21)37-20-10-7-18(27)8-11-20/h4-11,15,21-22,24H,3,12-14H2,1-2H3,(H,33,36)/b9-6-,17-5-,19-4+. The predicted octanol–water partition coefficient (Wildman–Crippen LogP) is 7.46. The van der Waals surface area contributed by atoms with Crippen molar-refractivity contribution in [1.29, 1.82) is 0 Å². The third-order valence-corrected chi connectivity index (χ3v) is 7.29. The van der Waals surface area contributed by atoms with Crippen LogP contribution < -0.4 is 5.32 Å². The number of aromatic nitrogens is 2. The van der Waals surface area contributed by atoms with Crippen molar-refractivity contribution in [3.05, 3.63) is 77.4 Å². The van der Waals surface area contributed by atoms with E-state index in [4.69, 9.17) is 0 Å². The molecule has 1 aliphatic carbocycles. The molecule has 1 amide bonds. The highest BCUT2D eigenvalue weighted by atomic mass is 32.2. The van der Waals surface area contributed by atoms with Gasteiger partial charge in [-0.15, -0.1) is 11.8 Å². The summed E-state index contributed by atoms with van der Waals surface area (Å²) in [6, 6.07) is 5.97. The van der Waals surface area contributed by atoms with E-state index in [0.29, 0.717) is 6.42 Å². The van der Waals surface area contributed by atoms with E-state index in [2.05, 4.69) is 10.4 Å². The number of nitrogens with zero attached hydrogens (tertiary/aromatic N) is 2. The summed E-state index contributed by atoms with van der Waals surface area (Å²) in [7, 11) is 0. The van der Waals surface area contributed by atoms with Gasteiger partial charge >= 0.3 is 6.18 Å². The van der Waals surface area contributed by atoms with Gasteiger partial charge in [0.15, 0.2) is 0 Å². The van der Waals surface area contributed by atoms with Gasteiger partial charge in [0.25, 0.3) is 6.43 Å². The second kappa shape index (κ2) is 12.5. The number of allylic oxidation sites excluding steroid dienone is 6. The normalized spacial score (nSPS) is 18.9. The Morgan fingerprint density at radius 2 is 1.92 bits per heavy atom. The summed E-state index contributed by atoms with van der Waals surface area (Å²) in [5, 5.41) is 6.53. The van der Waals surface area contributed by atoms with Crippen LogP contribution >= 0.6 is 11.8 Å². The van der Waals surface area contributed by atoms with Crippen molar-refractivity contribution < 1.29 is 31.1 Å². The fourth-order valence-corrected chi connectivity index (χ4v) is 5.09. The number of hydrogen-bond donors (Lipinski definition) is 1. The first-order chi connectivity index (χ1) is 17.5. The first-order valence-electron chi connectivity index (χ1n) is 11.7. The van der Waals surface area contributed by atoms with Crippen molar-refractivity contribution in [2.45, 2.75) is 62.4 Å². The molecule has 0 bridgehead atoms. The van der Waals surface area contributed by atoms with Crippen molar-refractivity contribution in [2.75, 3.05) is 0 Å². The van der Waals surface area contributed by atoms with Gasteiger partial charge in [0, 0.05) is 28.5 Å². The number of amides is 1. The topological polar surface area (TPSA) is 46.9 Å². The summed E-state index contributed by atoms with van der Waals surface area (Å²) in [5.41, 5.74) is -1.17. The molecule has 37 heavy (non-hydrogen) atoms. The van der Waals surface area contributed by atoms with Crippen molar-refractivity contribution >= 4 is 23.4 Å². The van der Waals surface area contributed by atoms with Crippen LogP contribution in [-0.4, -0.2) is 27.1 Å². The van der Waals surface area contributed by atoms with Crippen LogP contribution in [0.3, 0.4) is 0 Å². The van der Waals surface area contributed by atoms with E-state index in [0.717, 1.165) is 34.2 Å². The van der Waals surface area contributed by atoms with Gasteiger partial charge in [0.05, 0.1) is 17.2 Å². The Morgan fingerprint density at radius 1 is 1.22 bits per heavy atom. The lowest BCUT2D eigenvalue weighted by molar-refractivity contribution is -0.127. The van der Waals surface area contributed by atoms with Crippen LogP contribution in [0.15, 0.2) is 65.2 Å². The van der Waals surface area contributed by atoms with Gasteiger partial charge in [0.1, 0.15) is 11.5 Å². The van der Waals surface area contributed by atoms with Crippen LogP contribution in [0.25, 0.3) is 5.70 Å². The molecule has 2 unspecified atom stereocenters. The molecule has 0 spiro atoms. The average Bonchev–Trinajstić information content (AvgIpc) is 3.25. The molecule has 3 rings (SSSR count). The lowest BCUT2D eigenvalue weighted by Crippen LogP contribution is -2.42. The minimum atomic E-state index is -4.55. The minimum absolute atomic E-state index is 0.0125.